The van der Waals surface area contributed by atoms with E-state index in [1.54, 1.807) is 31.2 Å². The van der Waals surface area contributed by atoms with Crippen LogP contribution in [0.2, 0.25) is 0 Å². The third-order valence-corrected chi connectivity index (χ3v) is 7.43. The van der Waals surface area contributed by atoms with Crippen LogP contribution in [0.1, 0.15) is 27.7 Å². The molecule has 8 heteroatoms. The molecule has 0 saturated heterocycles. The Morgan fingerprint density at radius 3 is 2.63 bits per heavy atom. The smallest absolute Gasteiger partial charge is 0.257 e. The molecule has 1 aliphatic heterocycles. The van der Waals surface area contributed by atoms with E-state index in [2.05, 4.69) is 26.4 Å². The summed E-state index contributed by atoms with van der Waals surface area (Å²) in [7, 11) is -3.47. The molecule has 0 bridgehead atoms. The van der Waals surface area contributed by atoms with Crippen LogP contribution in [0.25, 0.3) is 0 Å². The molecule has 2 aromatic carbocycles. The summed E-state index contributed by atoms with van der Waals surface area (Å²) in [5.74, 6) is -0.425. The predicted octanol–water partition coefficient (Wildman–Crippen LogP) is 4.32. The number of hydrogen-bond acceptors (Lipinski definition) is 5. The first-order valence-corrected chi connectivity index (χ1v) is 12.3. The first-order valence-electron chi connectivity index (χ1n) is 9.76. The van der Waals surface area contributed by atoms with Crippen LogP contribution in [0, 0.1) is 0 Å². The zero-order valence-electron chi connectivity index (χ0n) is 16.6. The van der Waals surface area contributed by atoms with E-state index in [1.165, 1.54) is 10.4 Å². The largest absolute Gasteiger partial charge is 0.367 e. The van der Waals surface area contributed by atoms with Gasteiger partial charge < -0.3 is 10.2 Å². The molecule has 1 aliphatic rings. The molecule has 0 unspecified atom stereocenters. The molecule has 2 N–H and O–H groups in total. The van der Waals surface area contributed by atoms with Crippen molar-refractivity contribution in [2.24, 2.45) is 0 Å². The Kier molecular flexibility index (Phi) is 5.78. The summed E-state index contributed by atoms with van der Waals surface area (Å²) in [5, 5.41) is 5.00. The molecular weight excluding hydrogens is 418 g/mol. The molecular formula is C22H23N3O3S2. The normalized spacial score (nSPS) is 13.6. The molecule has 1 amide bonds. The number of carbonyl (C=O) groups is 1. The van der Waals surface area contributed by atoms with Crippen molar-refractivity contribution >= 4 is 44.3 Å². The van der Waals surface area contributed by atoms with E-state index >= 15 is 0 Å². The summed E-state index contributed by atoms with van der Waals surface area (Å²) in [4.78, 5) is 16.5. The third kappa shape index (κ3) is 4.49. The molecule has 0 aliphatic carbocycles. The average molecular weight is 442 g/mol. The topological polar surface area (TPSA) is 78.5 Å². The highest BCUT2D eigenvalue weighted by Crippen LogP contribution is 2.28. The first-order chi connectivity index (χ1) is 14.4. The van der Waals surface area contributed by atoms with Gasteiger partial charge in [0.2, 0.25) is 10.0 Å². The minimum Gasteiger partial charge on any atom is -0.367 e. The van der Waals surface area contributed by atoms with E-state index in [0.717, 1.165) is 25.2 Å². The van der Waals surface area contributed by atoms with Gasteiger partial charge in [-0.3, -0.25) is 9.52 Å². The number of nitrogens with one attached hydrogen (secondary N) is 2. The van der Waals surface area contributed by atoms with Gasteiger partial charge in [-0.1, -0.05) is 12.1 Å². The van der Waals surface area contributed by atoms with Gasteiger partial charge in [-0.25, -0.2) is 8.42 Å². The van der Waals surface area contributed by atoms with E-state index in [9.17, 15) is 13.2 Å². The molecule has 0 spiro atoms. The second-order valence-electron chi connectivity index (χ2n) is 7.09. The molecule has 3 aromatic rings. The van der Waals surface area contributed by atoms with Crippen molar-refractivity contribution in [2.45, 2.75) is 19.9 Å². The summed E-state index contributed by atoms with van der Waals surface area (Å²) >= 11 is 1.82. The summed E-state index contributed by atoms with van der Waals surface area (Å²) in [6, 6.07) is 16.5. The molecule has 6 nitrogen and oxygen atoms in total. The van der Waals surface area contributed by atoms with Crippen molar-refractivity contribution in [3.63, 3.8) is 0 Å². The van der Waals surface area contributed by atoms with E-state index in [4.69, 9.17) is 0 Å². The molecule has 0 fully saturated rings. The minimum absolute atomic E-state index is 0.0617. The highest BCUT2D eigenvalue weighted by atomic mass is 32.2. The van der Waals surface area contributed by atoms with Gasteiger partial charge in [0.05, 0.1) is 17.0 Å². The fourth-order valence-electron chi connectivity index (χ4n) is 3.43. The van der Waals surface area contributed by atoms with Gasteiger partial charge >= 0.3 is 0 Å². The van der Waals surface area contributed by atoms with E-state index in [1.807, 2.05) is 35.6 Å². The zero-order valence-corrected chi connectivity index (χ0v) is 18.2. The van der Waals surface area contributed by atoms with Crippen molar-refractivity contribution < 1.29 is 13.2 Å². The molecule has 0 radical (unpaired) electrons. The Labute approximate surface area is 180 Å². The van der Waals surface area contributed by atoms with E-state index in [0.29, 0.717) is 5.69 Å². The van der Waals surface area contributed by atoms with E-state index in [-0.39, 0.29) is 22.9 Å². The number of hydrogen-bond donors (Lipinski definition) is 2. The fourth-order valence-corrected chi connectivity index (χ4v) is 4.98. The maximum Gasteiger partial charge on any atom is 0.257 e. The van der Waals surface area contributed by atoms with Gasteiger partial charge in [-0.2, -0.15) is 0 Å². The van der Waals surface area contributed by atoms with Gasteiger partial charge in [-0.05, 0) is 66.8 Å². The van der Waals surface area contributed by atoms with Crippen molar-refractivity contribution in [2.75, 3.05) is 27.2 Å². The maximum absolute atomic E-state index is 12.7. The van der Waals surface area contributed by atoms with Crippen LogP contribution >= 0.6 is 11.3 Å². The lowest BCUT2D eigenvalue weighted by Gasteiger charge is -2.29. The summed E-state index contributed by atoms with van der Waals surface area (Å²) in [6.07, 6.45) is 1.05. The van der Waals surface area contributed by atoms with Crippen molar-refractivity contribution in [3.05, 3.63) is 76.0 Å². The van der Waals surface area contributed by atoms with Crippen LogP contribution in [0.15, 0.2) is 60.0 Å². The SMILES string of the molecule is CCS(=O)(=O)Nc1ccccc1C(=O)Nc1ccc(N2CCc3sccc3C2)cc1. The number of thiophene rings is 1. The zero-order chi connectivity index (χ0) is 21.1. The predicted molar refractivity (Wildman–Crippen MR) is 123 cm³/mol. The molecule has 4 rings (SSSR count). The number of sulfonamides is 1. The van der Waals surface area contributed by atoms with Crippen LogP contribution in [0.3, 0.4) is 0 Å². The third-order valence-electron chi connectivity index (χ3n) is 5.12. The van der Waals surface area contributed by atoms with Gasteiger partial charge in [0, 0.05) is 29.3 Å². The van der Waals surface area contributed by atoms with Crippen molar-refractivity contribution in [1.29, 1.82) is 0 Å². The molecule has 0 atom stereocenters. The number of fused-ring (bicyclic) bond motifs is 1. The number of nitrogens with zero attached hydrogens (tertiary/aromatic N) is 1. The van der Waals surface area contributed by atoms with Gasteiger partial charge in [0.25, 0.3) is 5.91 Å². The maximum atomic E-state index is 12.7. The molecule has 30 heavy (non-hydrogen) atoms. The fraction of sp³-hybridized carbons (Fsp3) is 0.227. The second kappa shape index (κ2) is 8.49. The Morgan fingerprint density at radius 2 is 1.87 bits per heavy atom. The van der Waals surface area contributed by atoms with Gasteiger partial charge in [-0.15, -0.1) is 11.3 Å². The summed E-state index contributed by atoms with van der Waals surface area (Å²) in [5.41, 5.74) is 3.70. The molecule has 156 valence electrons. The van der Waals surface area contributed by atoms with Crippen LogP contribution in [0.5, 0.6) is 0 Å². The summed E-state index contributed by atoms with van der Waals surface area (Å²) < 4.78 is 26.3. The van der Waals surface area contributed by atoms with Crippen molar-refractivity contribution in [1.82, 2.24) is 0 Å². The number of benzene rings is 2. The number of amides is 1. The standard InChI is InChI=1S/C22H23N3O3S2/c1-2-30(27,28)24-20-6-4-3-5-19(20)22(26)23-17-7-9-18(10-8-17)25-13-11-21-16(15-25)12-14-29-21/h3-10,12,14,24H,2,11,13,15H2,1H3,(H,23,26). The number of carbonyl (C=O) groups excluding carboxylic acids is 1. The Morgan fingerprint density at radius 1 is 1.10 bits per heavy atom. The minimum atomic E-state index is -3.47. The second-order valence-corrected chi connectivity index (χ2v) is 10.1. The van der Waals surface area contributed by atoms with Gasteiger partial charge in [0.1, 0.15) is 0 Å². The molecule has 0 saturated carbocycles. The Hall–Kier alpha value is -2.84. The highest BCUT2D eigenvalue weighted by molar-refractivity contribution is 7.92. The summed E-state index contributed by atoms with van der Waals surface area (Å²) in [6.45, 7) is 3.42. The van der Waals surface area contributed by atoms with Crippen LogP contribution in [-0.4, -0.2) is 26.6 Å². The van der Waals surface area contributed by atoms with Crippen LogP contribution < -0.4 is 14.9 Å². The van der Waals surface area contributed by atoms with Crippen LogP contribution in [0.4, 0.5) is 17.1 Å². The molecule has 2 heterocycles. The highest BCUT2D eigenvalue weighted by Gasteiger charge is 2.18. The average Bonchev–Trinajstić information content (AvgIpc) is 3.22. The van der Waals surface area contributed by atoms with Crippen molar-refractivity contribution in [3.8, 4) is 0 Å². The number of rotatable bonds is 6. The molecule has 1 aromatic heterocycles. The lowest BCUT2D eigenvalue weighted by molar-refractivity contribution is 0.102. The Bertz CT molecular complexity index is 1150. The lowest BCUT2D eigenvalue weighted by Crippen LogP contribution is -2.29. The quantitative estimate of drug-likeness (QED) is 0.597. The lowest BCUT2D eigenvalue weighted by atomic mass is 10.1. The monoisotopic (exact) mass is 441 g/mol. The van der Waals surface area contributed by atoms with Gasteiger partial charge in [0.15, 0.2) is 0 Å². The van der Waals surface area contributed by atoms with E-state index < -0.39 is 10.0 Å². The first kappa shape index (κ1) is 20.4. The number of para-hydroxylation sites is 1. The van der Waals surface area contributed by atoms with Crippen LogP contribution in [-0.2, 0) is 23.0 Å². The Balaban J connectivity index is 1.46. The number of anilines is 3.